The van der Waals surface area contributed by atoms with E-state index in [1.807, 2.05) is 0 Å². The van der Waals surface area contributed by atoms with Crippen molar-refractivity contribution in [2.45, 2.75) is 19.9 Å². The van der Waals surface area contributed by atoms with Gasteiger partial charge < -0.3 is 29.6 Å². The maximum atomic E-state index is 12.4. The summed E-state index contributed by atoms with van der Waals surface area (Å²) in [7, 11) is 4.49. The second kappa shape index (κ2) is 7.78. The van der Waals surface area contributed by atoms with Crippen molar-refractivity contribution in [2.75, 3.05) is 27.9 Å². The summed E-state index contributed by atoms with van der Waals surface area (Å²) in [5.74, 6) is 0.759. The lowest BCUT2D eigenvalue weighted by molar-refractivity contribution is -0.139. The quantitative estimate of drug-likeness (QED) is 0.761. The van der Waals surface area contributed by atoms with Gasteiger partial charge >= 0.3 is 12.0 Å². The first-order chi connectivity index (χ1) is 12.0. The van der Waals surface area contributed by atoms with Crippen LogP contribution in [0.2, 0.25) is 0 Å². The lowest BCUT2D eigenvalue weighted by Gasteiger charge is -2.28. The van der Waals surface area contributed by atoms with Crippen LogP contribution in [0.1, 0.15) is 25.5 Å². The van der Waals surface area contributed by atoms with Gasteiger partial charge in [0.05, 0.1) is 39.6 Å². The number of hydrogen-bond donors (Lipinski definition) is 2. The lowest BCUT2D eigenvalue weighted by atomic mass is 9.95. The molecule has 0 aliphatic carbocycles. The molecule has 1 aromatic rings. The first-order valence-electron chi connectivity index (χ1n) is 7.72. The molecule has 1 aromatic carbocycles. The highest BCUT2D eigenvalue weighted by atomic mass is 16.5. The van der Waals surface area contributed by atoms with Crippen LogP contribution in [0.25, 0.3) is 0 Å². The molecule has 1 atom stereocenters. The number of benzene rings is 1. The number of esters is 1. The van der Waals surface area contributed by atoms with E-state index >= 15 is 0 Å². The van der Waals surface area contributed by atoms with E-state index < -0.39 is 18.0 Å². The van der Waals surface area contributed by atoms with Gasteiger partial charge in [0.15, 0.2) is 11.5 Å². The molecule has 1 aliphatic rings. The maximum absolute atomic E-state index is 12.4. The number of nitrogens with one attached hydrogen (secondary N) is 2. The predicted molar refractivity (Wildman–Crippen MR) is 89.8 cm³/mol. The molecule has 1 heterocycles. The number of allylic oxidation sites excluding steroid dienone is 1. The number of hydrogen-bond acceptors (Lipinski definition) is 6. The summed E-state index contributed by atoms with van der Waals surface area (Å²) in [6.07, 6.45) is 0. The minimum Gasteiger partial charge on any atom is -0.493 e. The summed E-state index contributed by atoms with van der Waals surface area (Å²) >= 11 is 0. The van der Waals surface area contributed by atoms with Gasteiger partial charge in [-0.1, -0.05) is 0 Å². The molecule has 0 aromatic heterocycles. The van der Waals surface area contributed by atoms with Crippen LogP contribution in [0.5, 0.6) is 17.2 Å². The van der Waals surface area contributed by atoms with Crippen molar-refractivity contribution in [1.29, 1.82) is 0 Å². The van der Waals surface area contributed by atoms with Crippen LogP contribution in [0.3, 0.4) is 0 Å². The van der Waals surface area contributed by atoms with Crippen molar-refractivity contribution < 1.29 is 28.5 Å². The van der Waals surface area contributed by atoms with Crippen molar-refractivity contribution in [1.82, 2.24) is 10.6 Å². The van der Waals surface area contributed by atoms with Crippen molar-refractivity contribution in [3.8, 4) is 17.2 Å². The van der Waals surface area contributed by atoms with E-state index in [9.17, 15) is 9.59 Å². The van der Waals surface area contributed by atoms with E-state index in [0.717, 1.165) is 0 Å². The Labute approximate surface area is 146 Å². The van der Waals surface area contributed by atoms with Crippen LogP contribution in [0.4, 0.5) is 4.79 Å². The molecule has 8 nitrogen and oxygen atoms in total. The Balaban J connectivity index is 2.59. The molecular formula is C17H22N2O6. The molecule has 0 spiro atoms. The van der Waals surface area contributed by atoms with Crippen LogP contribution in [-0.4, -0.2) is 39.9 Å². The number of urea groups is 1. The number of carbonyl (C=O) groups excluding carboxylic acids is 2. The van der Waals surface area contributed by atoms with Crippen molar-refractivity contribution in [2.24, 2.45) is 0 Å². The summed E-state index contributed by atoms with van der Waals surface area (Å²) < 4.78 is 21.1. The zero-order valence-corrected chi connectivity index (χ0v) is 14.9. The molecule has 0 saturated heterocycles. The molecule has 25 heavy (non-hydrogen) atoms. The predicted octanol–water partition coefficient (Wildman–Crippen LogP) is 1.90. The highest BCUT2D eigenvalue weighted by molar-refractivity contribution is 5.95. The van der Waals surface area contributed by atoms with Gasteiger partial charge in [-0.25, -0.2) is 9.59 Å². The van der Waals surface area contributed by atoms with Crippen molar-refractivity contribution >= 4 is 12.0 Å². The number of methoxy groups -OCH3 is 3. The summed E-state index contributed by atoms with van der Waals surface area (Å²) in [6.45, 7) is 3.60. The van der Waals surface area contributed by atoms with E-state index in [1.54, 1.807) is 26.0 Å². The highest BCUT2D eigenvalue weighted by Crippen LogP contribution is 2.41. The molecule has 136 valence electrons. The van der Waals surface area contributed by atoms with Gasteiger partial charge in [0, 0.05) is 5.70 Å². The Morgan fingerprint density at radius 1 is 1.12 bits per heavy atom. The standard InChI is InChI=1S/C17H22N2O6/c1-6-25-16(20)13-9(2)18-17(21)19-14(13)10-7-11(22-3)15(24-5)12(8-10)23-4/h7-8,14H,6H2,1-5H3,(H2,18,19,21)/t14-/m1/s1. The monoisotopic (exact) mass is 350 g/mol. The fraction of sp³-hybridized carbons (Fsp3) is 0.412. The van der Waals surface area contributed by atoms with E-state index in [0.29, 0.717) is 34.1 Å². The van der Waals surface area contributed by atoms with E-state index in [1.165, 1.54) is 21.3 Å². The molecular weight excluding hydrogens is 328 g/mol. The molecule has 8 heteroatoms. The smallest absolute Gasteiger partial charge is 0.338 e. The van der Waals surface area contributed by atoms with Gasteiger partial charge in [-0.15, -0.1) is 0 Å². The van der Waals surface area contributed by atoms with Crippen molar-refractivity contribution in [3.63, 3.8) is 0 Å². The van der Waals surface area contributed by atoms with Gasteiger partial charge in [-0.2, -0.15) is 0 Å². The summed E-state index contributed by atoms with van der Waals surface area (Å²) in [5, 5.41) is 5.32. The average Bonchev–Trinajstić information content (AvgIpc) is 2.59. The van der Waals surface area contributed by atoms with Gasteiger partial charge in [0.1, 0.15) is 0 Å². The van der Waals surface area contributed by atoms with Crippen LogP contribution in [-0.2, 0) is 9.53 Å². The van der Waals surface area contributed by atoms with E-state index in [2.05, 4.69) is 10.6 Å². The molecule has 0 fully saturated rings. The third-order valence-electron chi connectivity index (χ3n) is 3.78. The molecule has 2 rings (SSSR count). The third kappa shape index (κ3) is 3.62. The Bertz CT molecular complexity index is 688. The Kier molecular flexibility index (Phi) is 5.74. The largest absolute Gasteiger partial charge is 0.493 e. The van der Waals surface area contributed by atoms with E-state index in [-0.39, 0.29) is 6.61 Å². The molecule has 0 radical (unpaired) electrons. The molecule has 1 aliphatic heterocycles. The number of amides is 2. The Morgan fingerprint density at radius 3 is 2.20 bits per heavy atom. The zero-order chi connectivity index (χ0) is 18.6. The SMILES string of the molecule is CCOC(=O)C1=C(C)NC(=O)N[C@@H]1c1cc(OC)c(OC)c(OC)c1. The van der Waals surface area contributed by atoms with Gasteiger partial charge in [0.2, 0.25) is 5.75 Å². The van der Waals surface area contributed by atoms with Crippen LogP contribution >= 0.6 is 0 Å². The molecule has 0 unspecified atom stereocenters. The number of ether oxygens (including phenoxy) is 4. The molecule has 2 N–H and O–H groups in total. The van der Waals surface area contributed by atoms with Gasteiger partial charge in [0.25, 0.3) is 0 Å². The summed E-state index contributed by atoms with van der Waals surface area (Å²) in [5.41, 5.74) is 1.35. The summed E-state index contributed by atoms with van der Waals surface area (Å²) in [6, 6.07) is 2.25. The van der Waals surface area contributed by atoms with Crippen LogP contribution in [0.15, 0.2) is 23.4 Å². The lowest BCUT2D eigenvalue weighted by Crippen LogP contribution is -2.45. The number of carbonyl (C=O) groups is 2. The fourth-order valence-electron chi connectivity index (χ4n) is 2.69. The second-order valence-electron chi connectivity index (χ2n) is 5.25. The van der Waals surface area contributed by atoms with Crippen LogP contribution < -0.4 is 24.8 Å². The minimum atomic E-state index is -0.707. The first kappa shape index (κ1) is 18.4. The molecule has 0 bridgehead atoms. The summed E-state index contributed by atoms with van der Waals surface area (Å²) in [4.78, 5) is 24.3. The maximum Gasteiger partial charge on any atom is 0.338 e. The molecule has 0 saturated carbocycles. The van der Waals surface area contributed by atoms with Gasteiger partial charge in [-0.3, -0.25) is 0 Å². The topological polar surface area (TPSA) is 95.1 Å². The minimum absolute atomic E-state index is 0.228. The molecule has 2 amide bonds. The van der Waals surface area contributed by atoms with Crippen LogP contribution in [0, 0.1) is 0 Å². The normalized spacial score (nSPS) is 16.7. The number of rotatable bonds is 6. The second-order valence-corrected chi connectivity index (χ2v) is 5.25. The fourth-order valence-corrected chi connectivity index (χ4v) is 2.69. The average molecular weight is 350 g/mol. The Hall–Kier alpha value is -2.90. The Morgan fingerprint density at radius 2 is 1.72 bits per heavy atom. The van der Waals surface area contributed by atoms with Gasteiger partial charge in [-0.05, 0) is 31.5 Å². The zero-order valence-electron chi connectivity index (χ0n) is 14.9. The van der Waals surface area contributed by atoms with E-state index in [4.69, 9.17) is 18.9 Å². The highest BCUT2D eigenvalue weighted by Gasteiger charge is 2.33. The third-order valence-corrected chi connectivity index (χ3v) is 3.78. The first-order valence-corrected chi connectivity index (χ1v) is 7.72. The van der Waals surface area contributed by atoms with Crippen molar-refractivity contribution in [3.05, 3.63) is 29.0 Å².